The van der Waals surface area contributed by atoms with E-state index in [1.165, 1.54) is 4.90 Å². The van der Waals surface area contributed by atoms with Gasteiger partial charge in [-0.1, -0.05) is 26.0 Å². The van der Waals surface area contributed by atoms with E-state index in [0.717, 1.165) is 13.1 Å². The van der Waals surface area contributed by atoms with Crippen molar-refractivity contribution in [3.05, 3.63) is 29.8 Å². The topological polar surface area (TPSA) is 129 Å². The third kappa shape index (κ3) is 8.71. The van der Waals surface area contributed by atoms with Crippen molar-refractivity contribution >= 4 is 23.6 Å². The second-order valence-electron chi connectivity index (χ2n) is 9.83. The van der Waals surface area contributed by atoms with Crippen LogP contribution in [0.5, 0.6) is 5.75 Å². The second-order valence-corrected chi connectivity index (χ2v) is 9.83. The van der Waals surface area contributed by atoms with Crippen LogP contribution in [-0.4, -0.2) is 105 Å². The molecule has 2 aliphatic rings. The van der Waals surface area contributed by atoms with Crippen molar-refractivity contribution < 1.29 is 28.7 Å². The van der Waals surface area contributed by atoms with Crippen LogP contribution in [0.15, 0.2) is 24.3 Å². The molecule has 37 heavy (non-hydrogen) atoms. The molecule has 2 heterocycles. The Morgan fingerprint density at radius 1 is 1.08 bits per heavy atom. The standard InChI is InChI=1S/C26H39N5O6/c1-18(2)16-21-26(35)30(3)10-15-37-22-7-5-4-6-19(22)24(33)29-20(17-23(32)28-21)25(34)27-8-9-31-11-13-36-14-12-31/h4-7,18,20-21H,8-17H2,1-3H3,(H,27,34)(H,28,32)(H,29,33)/t20-,21+/m0/s1. The van der Waals surface area contributed by atoms with E-state index in [1.807, 2.05) is 13.8 Å². The lowest BCUT2D eigenvalue weighted by Crippen LogP contribution is -2.53. The summed E-state index contributed by atoms with van der Waals surface area (Å²) in [6.45, 7) is 8.27. The predicted molar refractivity (Wildman–Crippen MR) is 137 cm³/mol. The van der Waals surface area contributed by atoms with Crippen LogP contribution < -0.4 is 20.7 Å². The zero-order valence-corrected chi connectivity index (χ0v) is 22.0. The number of rotatable bonds is 6. The zero-order valence-electron chi connectivity index (χ0n) is 22.0. The van der Waals surface area contributed by atoms with E-state index in [9.17, 15) is 19.2 Å². The number of morpholine rings is 1. The minimum Gasteiger partial charge on any atom is -0.491 e. The predicted octanol–water partition coefficient (Wildman–Crippen LogP) is 0.00520. The fraction of sp³-hybridized carbons (Fsp3) is 0.615. The summed E-state index contributed by atoms with van der Waals surface area (Å²) in [5, 5.41) is 8.32. The lowest BCUT2D eigenvalue weighted by molar-refractivity contribution is -0.136. The number of carbonyl (C=O) groups is 4. The molecule has 0 spiro atoms. The van der Waals surface area contributed by atoms with Crippen LogP contribution in [-0.2, 0) is 19.1 Å². The van der Waals surface area contributed by atoms with Crippen molar-refractivity contribution in [2.24, 2.45) is 5.92 Å². The Kier molecular flexibility index (Phi) is 10.7. The zero-order chi connectivity index (χ0) is 26.8. The normalized spacial score (nSPS) is 22.4. The molecule has 2 aliphatic heterocycles. The lowest BCUT2D eigenvalue weighted by Gasteiger charge is -2.28. The molecule has 1 aromatic carbocycles. The summed E-state index contributed by atoms with van der Waals surface area (Å²) in [5.74, 6) is -1.20. The first-order chi connectivity index (χ1) is 17.7. The van der Waals surface area contributed by atoms with Gasteiger partial charge >= 0.3 is 0 Å². The van der Waals surface area contributed by atoms with Gasteiger partial charge in [0.2, 0.25) is 17.7 Å². The van der Waals surface area contributed by atoms with Gasteiger partial charge in [-0.2, -0.15) is 0 Å². The molecule has 0 bridgehead atoms. The second kappa shape index (κ2) is 13.9. The SMILES string of the molecule is CC(C)C[C@H]1NC(=O)C[C@@H](C(=O)NCCN2CCOCC2)NC(=O)c2ccccc2OCCN(C)C1=O. The Balaban J connectivity index is 1.78. The number of carbonyl (C=O) groups excluding carboxylic acids is 4. The van der Waals surface area contributed by atoms with Crippen molar-refractivity contribution in [2.75, 3.05) is 59.6 Å². The quantitative estimate of drug-likeness (QED) is 0.485. The van der Waals surface area contributed by atoms with Gasteiger partial charge in [0.15, 0.2) is 0 Å². The average Bonchev–Trinajstić information content (AvgIpc) is 2.87. The van der Waals surface area contributed by atoms with E-state index in [0.29, 0.717) is 38.5 Å². The van der Waals surface area contributed by atoms with Gasteiger partial charge < -0.3 is 30.3 Å². The van der Waals surface area contributed by atoms with Crippen molar-refractivity contribution in [1.29, 1.82) is 0 Å². The Hall–Kier alpha value is -3.18. The first-order valence-corrected chi connectivity index (χ1v) is 12.9. The van der Waals surface area contributed by atoms with E-state index in [4.69, 9.17) is 9.47 Å². The van der Waals surface area contributed by atoms with E-state index in [-0.39, 0.29) is 37.0 Å². The number of ether oxygens (including phenoxy) is 2. The number of likely N-dealkylation sites (N-methyl/N-ethyl adjacent to an activating group) is 1. The van der Waals surface area contributed by atoms with Gasteiger partial charge in [0.25, 0.3) is 5.91 Å². The largest absolute Gasteiger partial charge is 0.491 e. The van der Waals surface area contributed by atoms with Gasteiger partial charge in [0.05, 0.1) is 31.7 Å². The summed E-state index contributed by atoms with van der Waals surface area (Å²) >= 11 is 0. The molecule has 204 valence electrons. The highest BCUT2D eigenvalue weighted by molar-refractivity contribution is 6.01. The number of nitrogens with one attached hydrogen (secondary N) is 3. The Labute approximate surface area is 218 Å². The molecule has 3 N–H and O–H groups in total. The molecule has 0 saturated carbocycles. The van der Waals surface area contributed by atoms with Crippen LogP contribution in [0.3, 0.4) is 0 Å². The molecule has 0 aromatic heterocycles. The molecule has 0 radical (unpaired) electrons. The minimum absolute atomic E-state index is 0.156. The van der Waals surface area contributed by atoms with Crippen LogP contribution in [0.2, 0.25) is 0 Å². The van der Waals surface area contributed by atoms with Crippen molar-refractivity contribution in [1.82, 2.24) is 25.8 Å². The van der Waals surface area contributed by atoms with E-state index >= 15 is 0 Å². The van der Waals surface area contributed by atoms with E-state index in [2.05, 4.69) is 20.9 Å². The third-order valence-corrected chi connectivity index (χ3v) is 6.37. The Morgan fingerprint density at radius 2 is 1.81 bits per heavy atom. The molecular weight excluding hydrogens is 478 g/mol. The van der Waals surface area contributed by atoms with E-state index in [1.54, 1.807) is 31.3 Å². The fourth-order valence-corrected chi connectivity index (χ4v) is 4.31. The Bertz CT molecular complexity index is 949. The maximum absolute atomic E-state index is 13.2. The molecule has 2 atom stereocenters. The van der Waals surface area contributed by atoms with Gasteiger partial charge in [-0.05, 0) is 24.5 Å². The summed E-state index contributed by atoms with van der Waals surface area (Å²) in [7, 11) is 1.65. The molecule has 0 aliphatic carbocycles. The summed E-state index contributed by atoms with van der Waals surface area (Å²) in [5.41, 5.74) is 0.248. The molecule has 3 rings (SSSR count). The monoisotopic (exact) mass is 517 g/mol. The van der Waals surface area contributed by atoms with Gasteiger partial charge in [-0.15, -0.1) is 0 Å². The Morgan fingerprint density at radius 3 is 2.54 bits per heavy atom. The van der Waals surface area contributed by atoms with Gasteiger partial charge in [0.1, 0.15) is 24.4 Å². The van der Waals surface area contributed by atoms with Crippen LogP contribution in [0.1, 0.15) is 37.0 Å². The molecule has 1 aromatic rings. The van der Waals surface area contributed by atoms with Gasteiger partial charge in [-0.25, -0.2) is 0 Å². The molecule has 11 heteroatoms. The minimum atomic E-state index is -1.12. The highest BCUT2D eigenvalue weighted by Gasteiger charge is 2.30. The number of hydrogen-bond acceptors (Lipinski definition) is 7. The summed E-state index contributed by atoms with van der Waals surface area (Å²) in [6.07, 6.45) is 0.144. The summed E-state index contributed by atoms with van der Waals surface area (Å²) in [6, 6.07) is 4.83. The number of para-hydroxylation sites is 1. The highest BCUT2D eigenvalue weighted by atomic mass is 16.5. The van der Waals surface area contributed by atoms with Crippen molar-refractivity contribution in [3.8, 4) is 5.75 Å². The van der Waals surface area contributed by atoms with E-state index < -0.39 is 29.8 Å². The number of hydrogen-bond donors (Lipinski definition) is 3. The molecule has 11 nitrogen and oxygen atoms in total. The molecular formula is C26H39N5O6. The summed E-state index contributed by atoms with van der Waals surface area (Å²) in [4.78, 5) is 56.1. The fourth-order valence-electron chi connectivity index (χ4n) is 4.31. The smallest absolute Gasteiger partial charge is 0.255 e. The maximum Gasteiger partial charge on any atom is 0.255 e. The third-order valence-electron chi connectivity index (χ3n) is 6.37. The summed E-state index contributed by atoms with van der Waals surface area (Å²) < 4.78 is 11.2. The van der Waals surface area contributed by atoms with Crippen molar-refractivity contribution in [3.63, 3.8) is 0 Å². The van der Waals surface area contributed by atoms with Crippen LogP contribution in [0.4, 0.5) is 0 Å². The van der Waals surface area contributed by atoms with Gasteiger partial charge in [0, 0.05) is 33.2 Å². The lowest BCUT2D eigenvalue weighted by atomic mass is 10.0. The van der Waals surface area contributed by atoms with Crippen LogP contribution >= 0.6 is 0 Å². The van der Waals surface area contributed by atoms with Gasteiger partial charge in [-0.3, -0.25) is 24.1 Å². The molecule has 4 amide bonds. The number of benzene rings is 1. The molecule has 1 fully saturated rings. The van der Waals surface area contributed by atoms with Crippen LogP contribution in [0, 0.1) is 5.92 Å². The number of fused-ring (bicyclic) bond motifs is 1. The average molecular weight is 518 g/mol. The van der Waals surface area contributed by atoms with Crippen LogP contribution in [0.25, 0.3) is 0 Å². The highest BCUT2D eigenvalue weighted by Crippen LogP contribution is 2.19. The number of amides is 4. The first kappa shape index (κ1) is 28.4. The van der Waals surface area contributed by atoms with Crippen molar-refractivity contribution in [2.45, 2.75) is 38.8 Å². The number of nitrogens with zero attached hydrogens (tertiary/aromatic N) is 2. The molecule has 0 unspecified atom stereocenters. The molecule has 1 saturated heterocycles. The maximum atomic E-state index is 13.2. The first-order valence-electron chi connectivity index (χ1n) is 12.9.